The standard InChI is InChI=1S/C8H7ClF3NO/c9-5-2-1-4(3-6(5)14)7(13)8(10,11)12/h1-3,7,14H,13H2. The van der Waals surface area contributed by atoms with Crippen LogP contribution in [0.2, 0.25) is 5.02 Å². The zero-order valence-corrected chi connectivity index (χ0v) is 7.60. The van der Waals surface area contributed by atoms with Gasteiger partial charge in [0.2, 0.25) is 0 Å². The van der Waals surface area contributed by atoms with Crippen molar-refractivity contribution in [2.24, 2.45) is 5.73 Å². The van der Waals surface area contributed by atoms with E-state index in [0.29, 0.717) is 0 Å². The second kappa shape index (κ2) is 3.67. The zero-order valence-electron chi connectivity index (χ0n) is 6.85. The van der Waals surface area contributed by atoms with E-state index in [9.17, 15) is 13.2 Å². The molecule has 1 unspecified atom stereocenters. The zero-order chi connectivity index (χ0) is 10.9. The van der Waals surface area contributed by atoms with Crippen LogP contribution in [-0.4, -0.2) is 11.3 Å². The van der Waals surface area contributed by atoms with Crippen molar-refractivity contribution in [2.75, 3.05) is 0 Å². The van der Waals surface area contributed by atoms with E-state index in [1.54, 1.807) is 0 Å². The molecule has 0 aliphatic rings. The van der Waals surface area contributed by atoms with Crippen LogP contribution < -0.4 is 5.73 Å². The van der Waals surface area contributed by atoms with Gasteiger partial charge in [0.1, 0.15) is 11.8 Å². The molecule has 0 aliphatic heterocycles. The summed E-state index contributed by atoms with van der Waals surface area (Å²) in [6, 6.07) is 1.09. The van der Waals surface area contributed by atoms with E-state index in [0.717, 1.165) is 18.2 Å². The Labute approximate surface area is 83.1 Å². The molecule has 0 saturated carbocycles. The topological polar surface area (TPSA) is 46.2 Å². The third kappa shape index (κ3) is 2.30. The summed E-state index contributed by atoms with van der Waals surface area (Å²) in [6.07, 6.45) is -4.53. The molecule has 0 bridgehead atoms. The first kappa shape index (κ1) is 11.1. The molecule has 1 aromatic carbocycles. The van der Waals surface area contributed by atoms with Gasteiger partial charge in [0.05, 0.1) is 5.02 Å². The molecular formula is C8H7ClF3NO. The number of nitrogens with two attached hydrogens (primary N) is 1. The first-order chi connectivity index (χ1) is 6.32. The predicted octanol–water partition coefficient (Wildman–Crippen LogP) is 2.61. The van der Waals surface area contributed by atoms with Crippen LogP contribution in [0.5, 0.6) is 5.75 Å². The SMILES string of the molecule is NC(c1ccc(Cl)c(O)c1)C(F)(F)F. The molecule has 2 nitrogen and oxygen atoms in total. The lowest BCUT2D eigenvalue weighted by atomic mass is 10.1. The molecule has 6 heteroatoms. The number of phenols is 1. The minimum absolute atomic E-state index is 0.0110. The summed E-state index contributed by atoms with van der Waals surface area (Å²) in [5.41, 5.74) is 4.69. The van der Waals surface area contributed by atoms with Crippen molar-refractivity contribution in [3.05, 3.63) is 28.8 Å². The lowest BCUT2D eigenvalue weighted by molar-refractivity contribution is -0.149. The highest BCUT2D eigenvalue weighted by Crippen LogP contribution is 2.33. The van der Waals surface area contributed by atoms with E-state index >= 15 is 0 Å². The van der Waals surface area contributed by atoms with Gasteiger partial charge in [-0.15, -0.1) is 0 Å². The number of alkyl halides is 3. The fraction of sp³-hybridized carbons (Fsp3) is 0.250. The lowest BCUT2D eigenvalue weighted by Crippen LogP contribution is -2.28. The Balaban J connectivity index is 3.03. The van der Waals surface area contributed by atoms with Crippen molar-refractivity contribution < 1.29 is 18.3 Å². The fourth-order valence-corrected chi connectivity index (χ4v) is 1.03. The van der Waals surface area contributed by atoms with Gasteiger partial charge >= 0.3 is 6.18 Å². The number of aromatic hydroxyl groups is 1. The Hall–Kier alpha value is -0.940. The molecule has 0 amide bonds. The van der Waals surface area contributed by atoms with Gasteiger partial charge in [0, 0.05) is 0 Å². The molecule has 1 rings (SSSR count). The van der Waals surface area contributed by atoms with Crippen LogP contribution in [0.25, 0.3) is 0 Å². The van der Waals surface area contributed by atoms with E-state index < -0.39 is 18.0 Å². The number of phenolic OH excluding ortho intramolecular Hbond substituents is 1. The van der Waals surface area contributed by atoms with Crippen LogP contribution in [0.1, 0.15) is 11.6 Å². The Bertz CT molecular complexity index is 340. The highest BCUT2D eigenvalue weighted by molar-refractivity contribution is 6.32. The molecule has 0 aromatic heterocycles. The van der Waals surface area contributed by atoms with Gasteiger partial charge in [-0.3, -0.25) is 0 Å². The Morgan fingerprint density at radius 1 is 1.36 bits per heavy atom. The third-order valence-electron chi connectivity index (χ3n) is 1.68. The average molecular weight is 226 g/mol. The molecule has 14 heavy (non-hydrogen) atoms. The number of hydrogen-bond acceptors (Lipinski definition) is 2. The fourth-order valence-electron chi connectivity index (χ4n) is 0.912. The average Bonchev–Trinajstić information content (AvgIpc) is 2.07. The van der Waals surface area contributed by atoms with Gasteiger partial charge in [-0.25, -0.2) is 0 Å². The molecule has 0 heterocycles. The largest absolute Gasteiger partial charge is 0.506 e. The molecular weight excluding hydrogens is 219 g/mol. The van der Waals surface area contributed by atoms with Crippen molar-refractivity contribution in [1.82, 2.24) is 0 Å². The molecule has 0 aliphatic carbocycles. The van der Waals surface area contributed by atoms with E-state index in [2.05, 4.69) is 0 Å². The summed E-state index contributed by atoms with van der Waals surface area (Å²) in [6.45, 7) is 0. The highest BCUT2D eigenvalue weighted by atomic mass is 35.5. The molecule has 0 saturated heterocycles. The maximum atomic E-state index is 12.1. The maximum absolute atomic E-state index is 12.1. The highest BCUT2D eigenvalue weighted by Gasteiger charge is 2.37. The van der Waals surface area contributed by atoms with Gasteiger partial charge in [-0.2, -0.15) is 13.2 Å². The summed E-state index contributed by atoms with van der Waals surface area (Å²) < 4.78 is 36.4. The Morgan fingerprint density at radius 3 is 2.36 bits per heavy atom. The van der Waals surface area contributed by atoms with Crippen molar-refractivity contribution >= 4 is 11.6 Å². The lowest BCUT2D eigenvalue weighted by Gasteiger charge is -2.16. The molecule has 3 N–H and O–H groups in total. The van der Waals surface area contributed by atoms with Crippen molar-refractivity contribution in [2.45, 2.75) is 12.2 Å². The first-order valence-corrected chi connectivity index (χ1v) is 4.01. The van der Waals surface area contributed by atoms with Crippen molar-refractivity contribution in [3.8, 4) is 5.75 Å². The number of rotatable bonds is 1. The maximum Gasteiger partial charge on any atom is 0.407 e. The van der Waals surface area contributed by atoms with E-state index in [1.807, 2.05) is 0 Å². The molecule has 0 fully saturated rings. The predicted molar refractivity (Wildman–Crippen MR) is 46.1 cm³/mol. The van der Waals surface area contributed by atoms with Gasteiger partial charge in [0.15, 0.2) is 0 Å². The van der Waals surface area contributed by atoms with Crippen LogP contribution in [-0.2, 0) is 0 Å². The van der Waals surface area contributed by atoms with E-state index in [-0.39, 0.29) is 10.6 Å². The molecule has 0 spiro atoms. The first-order valence-electron chi connectivity index (χ1n) is 3.63. The molecule has 78 valence electrons. The van der Waals surface area contributed by atoms with Crippen LogP contribution in [0, 0.1) is 0 Å². The van der Waals surface area contributed by atoms with E-state index in [1.165, 1.54) is 0 Å². The van der Waals surface area contributed by atoms with Crippen molar-refractivity contribution in [1.29, 1.82) is 0 Å². The van der Waals surface area contributed by atoms with Crippen LogP contribution in [0.3, 0.4) is 0 Å². The minimum atomic E-state index is -4.53. The Morgan fingerprint density at radius 2 is 1.93 bits per heavy atom. The summed E-state index contributed by atoms with van der Waals surface area (Å²) in [7, 11) is 0. The van der Waals surface area contributed by atoms with Gasteiger partial charge in [0.25, 0.3) is 0 Å². The number of halogens is 4. The molecule has 1 aromatic rings. The number of benzene rings is 1. The Kier molecular flexibility index (Phi) is 2.92. The summed E-state index contributed by atoms with van der Waals surface area (Å²) in [4.78, 5) is 0. The van der Waals surface area contributed by atoms with Crippen LogP contribution in [0.4, 0.5) is 13.2 Å². The van der Waals surface area contributed by atoms with Gasteiger partial charge in [-0.05, 0) is 17.7 Å². The van der Waals surface area contributed by atoms with Crippen LogP contribution >= 0.6 is 11.6 Å². The third-order valence-corrected chi connectivity index (χ3v) is 2.00. The number of hydrogen-bond donors (Lipinski definition) is 2. The smallest absolute Gasteiger partial charge is 0.407 e. The second-order valence-corrected chi connectivity index (χ2v) is 3.14. The molecule has 0 radical (unpaired) electrons. The summed E-state index contributed by atoms with van der Waals surface area (Å²) in [5.74, 6) is -0.413. The summed E-state index contributed by atoms with van der Waals surface area (Å²) >= 11 is 5.43. The summed E-state index contributed by atoms with van der Waals surface area (Å²) in [5, 5.41) is 9.05. The minimum Gasteiger partial charge on any atom is -0.506 e. The van der Waals surface area contributed by atoms with Gasteiger partial charge in [-0.1, -0.05) is 17.7 Å². The van der Waals surface area contributed by atoms with E-state index in [4.69, 9.17) is 22.4 Å². The van der Waals surface area contributed by atoms with Crippen molar-refractivity contribution in [3.63, 3.8) is 0 Å². The molecule has 1 atom stereocenters. The second-order valence-electron chi connectivity index (χ2n) is 2.73. The van der Waals surface area contributed by atoms with Gasteiger partial charge < -0.3 is 10.8 Å². The monoisotopic (exact) mass is 225 g/mol. The van der Waals surface area contributed by atoms with Crippen LogP contribution in [0.15, 0.2) is 18.2 Å². The normalized spacial score (nSPS) is 14.1. The quantitative estimate of drug-likeness (QED) is 0.772.